The Morgan fingerprint density at radius 2 is 1.61 bits per heavy atom. The molecule has 8 heteroatoms. The summed E-state index contributed by atoms with van der Waals surface area (Å²) < 4.78 is 26.4. The van der Waals surface area contributed by atoms with E-state index in [0.29, 0.717) is 36.7 Å². The number of benzene rings is 2. The van der Waals surface area contributed by atoms with Crippen LogP contribution in [0.25, 0.3) is 0 Å². The van der Waals surface area contributed by atoms with E-state index >= 15 is 0 Å². The highest BCUT2D eigenvalue weighted by Gasteiger charge is 2.07. The van der Waals surface area contributed by atoms with Gasteiger partial charge in [-0.3, -0.25) is 9.79 Å². The number of amides is 1. The van der Waals surface area contributed by atoms with Gasteiger partial charge in [0.25, 0.3) is 5.91 Å². The largest absolute Gasteiger partial charge is 0.356 e. The highest BCUT2D eigenvalue weighted by atomic mass is 127. The molecule has 0 unspecified atom stereocenters. The first-order valence-corrected chi connectivity index (χ1v) is 8.73. The van der Waals surface area contributed by atoms with Gasteiger partial charge in [-0.25, -0.2) is 8.78 Å². The second-order valence-corrected chi connectivity index (χ2v) is 6.02. The van der Waals surface area contributed by atoms with Gasteiger partial charge in [-0.05, 0) is 48.7 Å². The van der Waals surface area contributed by atoms with Gasteiger partial charge in [0, 0.05) is 32.2 Å². The predicted molar refractivity (Wildman–Crippen MR) is 118 cm³/mol. The molecule has 0 saturated heterocycles. The van der Waals surface area contributed by atoms with E-state index in [-0.39, 0.29) is 35.7 Å². The van der Waals surface area contributed by atoms with E-state index in [2.05, 4.69) is 20.9 Å². The zero-order chi connectivity index (χ0) is 19.6. The number of aliphatic imine (C=N–C) groups is 1. The second kappa shape index (κ2) is 12.3. The molecule has 0 aromatic heterocycles. The lowest BCUT2D eigenvalue weighted by molar-refractivity contribution is 0.0954. The fraction of sp³-hybridized carbons (Fsp3) is 0.300. The van der Waals surface area contributed by atoms with Crippen LogP contribution in [-0.2, 0) is 6.42 Å². The van der Waals surface area contributed by atoms with Crippen molar-refractivity contribution >= 4 is 35.8 Å². The minimum absolute atomic E-state index is 0. The Bertz CT molecular complexity index is 797. The van der Waals surface area contributed by atoms with E-state index in [1.165, 1.54) is 18.2 Å². The van der Waals surface area contributed by atoms with Crippen LogP contribution < -0.4 is 16.0 Å². The summed E-state index contributed by atoms with van der Waals surface area (Å²) in [6.45, 7) is 3.12. The highest BCUT2D eigenvalue weighted by Crippen LogP contribution is 2.08. The minimum Gasteiger partial charge on any atom is -0.356 e. The molecule has 2 aromatic rings. The number of rotatable bonds is 7. The summed E-state index contributed by atoms with van der Waals surface area (Å²) in [6, 6.07) is 10.8. The summed E-state index contributed by atoms with van der Waals surface area (Å²) in [5.74, 6) is -0.367. The second-order valence-electron chi connectivity index (χ2n) is 6.02. The van der Waals surface area contributed by atoms with Crippen molar-refractivity contribution in [3.05, 3.63) is 70.8 Å². The van der Waals surface area contributed by atoms with Crippen LogP contribution in [0.4, 0.5) is 8.78 Å². The molecule has 1 amide bonds. The number of carbonyl (C=O) groups is 1. The Kier molecular flexibility index (Phi) is 10.4. The Labute approximate surface area is 181 Å². The molecular weight excluding hydrogens is 477 g/mol. The van der Waals surface area contributed by atoms with E-state index in [0.717, 1.165) is 12.0 Å². The van der Waals surface area contributed by atoms with Crippen molar-refractivity contribution in [2.45, 2.75) is 13.3 Å². The van der Waals surface area contributed by atoms with Gasteiger partial charge in [0.15, 0.2) is 5.96 Å². The lowest BCUT2D eigenvalue weighted by Crippen LogP contribution is -2.42. The van der Waals surface area contributed by atoms with Crippen LogP contribution in [0.5, 0.6) is 0 Å². The smallest absolute Gasteiger partial charge is 0.251 e. The van der Waals surface area contributed by atoms with E-state index in [9.17, 15) is 13.6 Å². The van der Waals surface area contributed by atoms with Gasteiger partial charge in [-0.15, -0.1) is 24.0 Å². The monoisotopic (exact) mass is 502 g/mol. The average molecular weight is 502 g/mol. The number of carbonyl (C=O) groups excluding carboxylic acids is 1. The molecule has 3 N–H and O–H groups in total. The molecule has 0 aliphatic heterocycles. The van der Waals surface area contributed by atoms with Crippen LogP contribution in [0.3, 0.4) is 0 Å². The molecule has 152 valence electrons. The van der Waals surface area contributed by atoms with E-state index in [1.54, 1.807) is 38.2 Å². The Hall–Kier alpha value is -2.23. The van der Waals surface area contributed by atoms with Crippen molar-refractivity contribution in [2.75, 3.05) is 26.7 Å². The van der Waals surface area contributed by atoms with Gasteiger partial charge < -0.3 is 16.0 Å². The molecule has 28 heavy (non-hydrogen) atoms. The molecule has 2 rings (SSSR count). The number of hydrogen-bond acceptors (Lipinski definition) is 2. The number of halogens is 3. The maximum absolute atomic E-state index is 13.5. The number of aryl methyl sites for hydroxylation is 1. The first kappa shape index (κ1) is 23.8. The molecule has 0 aliphatic carbocycles. The van der Waals surface area contributed by atoms with Crippen LogP contribution in [0.15, 0.2) is 47.5 Å². The molecule has 0 heterocycles. The van der Waals surface area contributed by atoms with Crippen LogP contribution in [0.2, 0.25) is 0 Å². The third-order valence-corrected chi connectivity index (χ3v) is 3.98. The fourth-order valence-electron chi connectivity index (χ4n) is 2.39. The number of nitrogens with one attached hydrogen (secondary N) is 3. The molecular formula is C20H25F2IN4O. The molecule has 0 spiro atoms. The van der Waals surface area contributed by atoms with Gasteiger partial charge in [0.1, 0.15) is 11.6 Å². The predicted octanol–water partition coefficient (Wildman–Crippen LogP) is 3.03. The maximum atomic E-state index is 13.5. The summed E-state index contributed by atoms with van der Waals surface area (Å²) in [5, 5.41) is 8.96. The summed E-state index contributed by atoms with van der Waals surface area (Å²) in [4.78, 5) is 16.1. The molecule has 0 bridgehead atoms. The summed E-state index contributed by atoms with van der Waals surface area (Å²) in [6.07, 6.45) is 0.733. The first-order chi connectivity index (χ1) is 13.0. The molecule has 0 radical (unpaired) electrons. The molecule has 0 atom stereocenters. The number of guanidine groups is 1. The number of hydrogen-bond donors (Lipinski definition) is 3. The standard InChI is InChI=1S/C20H24F2N4O.HI/c1-14-3-6-16(13-18(14)22)19(27)24-11-12-26-20(23-2)25-10-9-15-4-7-17(21)8-5-15;/h3-8,13H,9-12H2,1-2H3,(H,24,27)(H2,23,25,26);1H. The summed E-state index contributed by atoms with van der Waals surface area (Å²) in [7, 11) is 1.65. The van der Waals surface area contributed by atoms with Gasteiger partial charge in [0.05, 0.1) is 0 Å². The van der Waals surface area contributed by atoms with Crippen LogP contribution in [-0.4, -0.2) is 38.5 Å². The molecule has 0 fully saturated rings. The van der Waals surface area contributed by atoms with Crippen molar-refractivity contribution in [1.82, 2.24) is 16.0 Å². The van der Waals surface area contributed by atoms with E-state index in [4.69, 9.17) is 0 Å². The maximum Gasteiger partial charge on any atom is 0.251 e. The SMILES string of the molecule is CN=C(NCCNC(=O)c1ccc(C)c(F)c1)NCCc1ccc(F)cc1.I. The Morgan fingerprint density at radius 3 is 2.25 bits per heavy atom. The van der Waals surface area contributed by atoms with Crippen LogP contribution in [0, 0.1) is 18.6 Å². The van der Waals surface area contributed by atoms with Crippen molar-refractivity contribution in [1.29, 1.82) is 0 Å². The summed E-state index contributed by atoms with van der Waals surface area (Å²) in [5.41, 5.74) is 1.82. The van der Waals surface area contributed by atoms with E-state index < -0.39 is 5.82 Å². The van der Waals surface area contributed by atoms with Crippen LogP contribution in [0.1, 0.15) is 21.5 Å². The van der Waals surface area contributed by atoms with Crippen molar-refractivity contribution in [2.24, 2.45) is 4.99 Å². The fourth-order valence-corrected chi connectivity index (χ4v) is 2.39. The lowest BCUT2D eigenvalue weighted by atomic mass is 10.1. The zero-order valence-corrected chi connectivity index (χ0v) is 18.2. The summed E-state index contributed by atoms with van der Waals surface area (Å²) >= 11 is 0. The third-order valence-electron chi connectivity index (χ3n) is 3.98. The molecule has 0 saturated carbocycles. The van der Waals surface area contributed by atoms with Gasteiger partial charge in [-0.2, -0.15) is 0 Å². The molecule has 2 aromatic carbocycles. The quantitative estimate of drug-likeness (QED) is 0.236. The highest BCUT2D eigenvalue weighted by molar-refractivity contribution is 14.0. The lowest BCUT2D eigenvalue weighted by Gasteiger charge is -2.12. The normalized spacial score (nSPS) is 10.8. The van der Waals surface area contributed by atoms with Crippen molar-refractivity contribution in [3.8, 4) is 0 Å². The van der Waals surface area contributed by atoms with Gasteiger partial charge in [-0.1, -0.05) is 18.2 Å². The average Bonchev–Trinajstić information content (AvgIpc) is 2.67. The van der Waals surface area contributed by atoms with Crippen LogP contribution >= 0.6 is 24.0 Å². The van der Waals surface area contributed by atoms with Gasteiger partial charge in [0.2, 0.25) is 0 Å². The van der Waals surface area contributed by atoms with Crippen molar-refractivity contribution in [3.63, 3.8) is 0 Å². The van der Waals surface area contributed by atoms with Crippen molar-refractivity contribution < 1.29 is 13.6 Å². The topological polar surface area (TPSA) is 65.5 Å². The third kappa shape index (κ3) is 7.79. The molecule has 0 aliphatic rings. The number of nitrogens with zero attached hydrogens (tertiary/aromatic N) is 1. The Morgan fingerprint density at radius 1 is 0.964 bits per heavy atom. The first-order valence-electron chi connectivity index (χ1n) is 8.73. The van der Waals surface area contributed by atoms with E-state index in [1.807, 2.05) is 0 Å². The zero-order valence-electron chi connectivity index (χ0n) is 15.9. The minimum atomic E-state index is -0.397. The molecule has 5 nitrogen and oxygen atoms in total. The Balaban J connectivity index is 0.00000392. The van der Waals surface area contributed by atoms with Gasteiger partial charge >= 0.3 is 0 Å².